The lowest BCUT2D eigenvalue weighted by Gasteiger charge is -2.33. The van der Waals surface area contributed by atoms with E-state index >= 15 is 0 Å². The van der Waals surface area contributed by atoms with E-state index < -0.39 is 6.10 Å². The highest BCUT2D eigenvalue weighted by atomic mass is 35.5. The van der Waals surface area contributed by atoms with Gasteiger partial charge in [0.25, 0.3) is 0 Å². The molecule has 2 atom stereocenters. The standard InChI is InChI=1S/C21H26ClN7O2/c1-27-5-7-28(8-6-27)14-2-3-18-15(10-24-29(18)12-14)20-16(22)11-23-21(26-20)25-17-4-9-31-13-19(17)30/h2-3,10-12,17,19,30H,4-9,13H2,1H3,(H,23,25,26)/t17-,19+/m0/s1. The van der Waals surface area contributed by atoms with Gasteiger partial charge in [0.1, 0.15) is 0 Å². The monoisotopic (exact) mass is 443 g/mol. The van der Waals surface area contributed by atoms with Crippen molar-refractivity contribution in [1.82, 2.24) is 24.5 Å². The second kappa shape index (κ2) is 8.58. The molecule has 10 heteroatoms. The molecule has 2 fully saturated rings. The number of aromatic nitrogens is 4. The Balaban J connectivity index is 1.42. The number of halogens is 1. The predicted molar refractivity (Wildman–Crippen MR) is 120 cm³/mol. The molecule has 5 rings (SSSR count). The number of fused-ring (bicyclic) bond motifs is 1. The summed E-state index contributed by atoms with van der Waals surface area (Å²) in [5, 5.41) is 18.4. The van der Waals surface area contributed by atoms with E-state index in [0.29, 0.717) is 36.3 Å². The van der Waals surface area contributed by atoms with Crippen LogP contribution >= 0.6 is 11.6 Å². The van der Waals surface area contributed by atoms with E-state index in [1.807, 2.05) is 4.52 Å². The Labute approximate surface area is 185 Å². The van der Waals surface area contributed by atoms with E-state index in [1.165, 1.54) is 0 Å². The average molecular weight is 444 g/mol. The van der Waals surface area contributed by atoms with Crippen molar-refractivity contribution in [2.75, 3.05) is 56.7 Å². The molecule has 5 heterocycles. The minimum absolute atomic E-state index is 0.155. The zero-order valence-corrected chi connectivity index (χ0v) is 18.2. The van der Waals surface area contributed by atoms with Gasteiger partial charge in [0.15, 0.2) is 0 Å². The Bertz CT molecular complexity index is 1070. The van der Waals surface area contributed by atoms with Crippen LogP contribution in [0.2, 0.25) is 5.02 Å². The molecule has 2 N–H and O–H groups in total. The van der Waals surface area contributed by atoms with Crippen LogP contribution in [-0.4, -0.2) is 88.2 Å². The third kappa shape index (κ3) is 4.18. The van der Waals surface area contributed by atoms with E-state index in [4.69, 9.17) is 16.3 Å². The second-order valence-corrected chi connectivity index (χ2v) is 8.54. The predicted octanol–water partition coefficient (Wildman–Crippen LogP) is 1.76. The van der Waals surface area contributed by atoms with Crippen molar-refractivity contribution in [3.63, 3.8) is 0 Å². The number of hydrogen-bond donors (Lipinski definition) is 2. The highest BCUT2D eigenvalue weighted by molar-refractivity contribution is 6.33. The van der Waals surface area contributed by atoms with Crippen LogP contribution in [0.25, 0.3) is 16.8 Å². The number of rotatable bonds is 4. The highest BCUT2D eigenvalue weighted by Gasteiger charge is 2.25. The van der Waals surface area contributed by atoms with Crippen LogP contribution in [0, 0.1) is 0 Å². The van der Waals surface area contributed by atoms with E-state index in [-0.39, 0.29) is 6.04 Å². The van der Waals surface area contributed by atoms with Gasteiger partial charge in [-0.3, -0.25) is 0 Å². The molecule has 9 nitrogen and oxygen atoms in total. The minimum Gasteiger partial charge on any atom is -0.389 e. The second-order valence-electron chi connectivity index (χ2n) is 8.14. The van der Waals surface area contributed by atoms with Crippen molar-refractivity contribution in [1.29, 1.82) is 0 Å². The van der Waals surface area contributed by atoms with Gasteiger partial charge in [-0.2, -0.15) is 5.10 Å². The smallest absolute Gasteiger partial charge is 0.223 e. The van der Waals surface area contributed by atoms with Crippen molar-refractivity contribution in [2.24, 2.45) is 0 Å². The Hall–Kier alpha value is -2.46. The maximum absolute atomic E-state index is 10.1. The third-order valence-electron chi connectivity index (χ3n) is 6.01. The number of aliphatic hydroxyl groups is 1. The number of piperazine rings is 1. The summed E-state index contributed by atoms with van der Waals surface area (Å²) >= 11 is 6.45. The zero-order chi connectivity index (χ0) is 21.4. The van der Waals surface area contributed by atoms with E-state index in [2.05, 4.69) is 55.6 Å². The lowest BCUT2D eigenvalue weighted by Crippen LogP contribution is -2.44. The van der Waals surface area contributed by atoms with Crippen molar-refractivity contribution in [2.45, 2.75) is 18.6 Å². The van der Waals surface area contributed by atoms with Crippen molar-refractivity contribution >= 4 is 28.8 Å². The number of pyridine rings is 1. The summed E-state index contributed by atoms with van der Waals surface area (Å²) in [5.41, 5.74) is 3.53. The highest BCUT2D eigenvalue weighted by Crippen LogP contribution is 2.31. The molecule has 0 unspecified atom stereocenters. The quantitative estimate of drug-likeness (QED) is 0.630. The fourth-order valence-electron chi connectivity index (χ4n) is 4.09. The third-order valence-corrected chi connectivity index (χ3v) is 6.29. The average Bonchev–Trinajstić information content (AvgIpc) is 3.20. The minimum atomic E-state index is -0.596. The summed E-state index contributed by atoms with van der Waals surface area (Å²) in [5.74, 6) is 0.429. The van der Waals surface area contributed by atoms with Crippen LogP contribution < -0.4 is 10.2 Å². The molecule has 0 radical (unpaired) electrons. The number of nitrogens with zero attached hydrogens (tertiary/aromatic N) is 6. The van der Waals surface area contributed by atoms with Crippen LogP contribution in [0.1, 0.15) is 6.42 Å². The maximum atomic E-state index is 10.1. The van der Waals surface area contributed by atoms with E-state index in [9.17, 15) is 5.11 Å². The summed E-state index contributed by atoms with van der Waals surface area (Å²) in [6, 6.07) is 4.03. The number of hydrogen-bond acceptors (Lipinski definition) is 8. The summed E-state index contributed by atoms with van der Waals surface area (Å²) in [4.78, 5) is 13.6. The number of nitrogens with one attached hydrogen (secondary N) is 1. The molecule has 0 spiro atoms. The fourth-order valence-corrected chi connectivity index (χ4v) is 4.28. The van der Waals surface area contributed by atoms with Gasteiger partial charge in [-0.25, -0.2) is 14.5 Å². The molecule has 3 aromatic rings. The molecule has 2 aliphatic heterocycles. The number of ether oxygens (including phenoxy) is 1. The molecule has 0 amide bonds. The first-order chi connectivity index (χ1) is 15.1. The van der Waals surface area contributed by atoms with Crippen molar-refractivity contribution in [3.8, 4) is 11.3 Å². The first-order valence-corrected chi connectivity index (χ1v) is 10.9. The van der Waals surface area contributed by atoms with Crippen molar-refractivity contribution in [3.05, 3.63) is 35.7 Å². The van der Waals surface area contributed by atoms with Crippen LogP contribution in [0.5, 0.6) is 0 Å². The van der Waals surface area contributed by atoms with Gasteiger partial charge < -0.3 is 25.0 Å². The molecular weight excluding hydrogens is 418 g/mol. The molecule has 2 saturated heterocycles. The maximum Gasteiger partial charge on any atom is 0.223 e. The van der Waals surface area contributed by atoms with Gasteiger partial charge in [0.2, 0.25) is 5.95 Å². The number of likely N-dealkylation sites (N-methyl/N-ethyl adjacent to an activating group) is 1. The molecule has 0 aromatic carbocycles. The SMILES string of the molecule is CN1CCN(c2ccc3c(-c4nc(N[C@H]5CCOC[C@H]5O)ncc4Cl)cnn3c2)CC1. The lowest BCUT2D eigenvalue weighted by molar-refractivity contribution is -0.0136. The largest absolute Gasteiger partial charge is 0.389 e. The topological polar surface area (TPSA) is 91.0 Å². The number of aliphatic hydroxyl groups excluding tert-OH is 1. The summed E-state index contributed by atoms with van der Waals surface area (Å²) in [6.45, 7) is 5.01. The van der Waals surface area contributed by atoms with Crippen LogP contribution in [0.3, 0.4) is 0 Å². The van der Waals surface area contributed by atoms with Gasteiger partial charge in [-0.15, -0.1) is 0 Å². The molecule has 164 valence electrons. The van der Waals surface area contributed by atoms with Crippen LogP contribution in [0.4, 0.5) is 11.6 Å². The van der Waals surface area contributed by atoms with Crippen LogP contribution in [0.15, 0.2) is 30.7 Å². The summed E-state index contributed by atoms with van der Waals surface area (Å²) < 4.78 is 7.16. The molecule has 0 saturated carbocycles. The summed E-state index contributed by atoms with van der Waals surface area (Å²) in [6.07, 6.45) is 5.51. The zero-order valence-electron chi connectivity index (χ0n) is 17.4. The van der Waals surface area contributed by atoms with Crippen LogP contribution in [-0.2, 0) is 4.74 Å². The molecular formula is C21H26ClN7O2. The fraction of sp³-hybridized carbons (Fsp3) is 0.476. The molecule has 3 aromatic heterocycles. The lowest BCUT2D eigenvalue weighted by atomic mass is 10.1. The van der Waals surface area contributed by atoms with Gasteiger partial charge >= 0.3 is 0 Å². The van der Waals surface area contributed by atoms with Gasteiger partial charge in [0.05, 0.1) is 59.3 Å². The Morgan fingerprint density at radius 1 is 1.19 bits per heavy atom. The van der Waals surface area contributed by atoms with Gasteiger partial charge in [-0.05, 0) is 25.6 Å². The van der Waals surface area contributed by atoms with Crippen molar-refractivity contribution < 1.29 is 9.84 Å². The Kier molecular flexibility index (Phi) is 5.66. The first kappa shape index (κ1) is 20.4. The normalized spacial score (nSPS) is 22.7. The first-order valence-electron chi connectivity index (χ1n) is 10.5. The summed E-state index contributed by atoms with van der Waals surface area (Å²) in [7, 11) is 2.15. The van der Waals surface area contributed by atoms with E-state index in [1.54, 1.807) is 12.4 Å². The molecule has 31 heavy (non-hydrogen) atoms. The van der Waals surface area contributed by atoms with Gasteiger partial charge in [-0.1, -0.05) is 11.6 Å². The number of anilines is 2. The van der Waals surface area contributed by atoms with Gasteiger partial charge in [0, 0.05) is 38.3 Å². The van der Waals surface area contributed by atoms with E-state index in [0.717, 1.165) is 42.9 Å². The molecule has 0 aliphatic carbocycles. The molecule has 0 bridgehead atoms. The molecule has 2 aliphatic rings. The Morgan fingerprint density at radius 3 is 2.84 bits per heavy atom. The Morgan fingerprint density at radius 2 is 2.03 bits per heavy atom.